The number of amides is 2. The highest BCUT2D eigenvalue weighted by Crippen LogP contribution is 2.57. The monoisotopic (exact) mass is 310 g/mol. The van der Waals surface area contributed by atoms with Crippen molar-refractivity contribution in [2.24, 2.45) is 10.8 Å². The molecule has 0 unspecified atom stereocenters. The number of nitrogens with zero attached hydrogens (tertiary/aromatic N) is 1. The highest BCUT2D eigenvalue weighted by atomic mass is 16.5. The van der Waals surface area contributed by atoms with Gasteiger partial charge in [-0.25, -0.2) is 4.79 Å². The van der Waals surface area contributed by atoms with Crippen LogP contribution in [0, 0.1) is 10.8 Å². The van der Waals surface area contributed by atoms with Gasteiger partial charge in [0, 0.05) is 36.6 Å². The Balaban J connectivity index is 1.56. The summed E-state index contributed by atoms with van der Waals surface area (Å²) in [4.78, 5) is 14.5. The Hall–Kier alpha value is -0.810. The standard InChI is InChI=1S/C17H30N2O3/c1-3-22-14-10-13(17(14)7-4-8-17)18-15(21)19-9-5-6-16(2,11-19)12-20/h13-14,20H,3-12H2,1-2H3,(H,18,21)/t13-,14+,16-/m0/s1. The third kappa shape index (κ3) is 2.62. The first kappa shape index (κ1) is 16.1. The number of carbonyl (C=O) groups is 1. The Bertz CT molecular complexity index is 424. The average molecular weight is 310 g/mol. The lowest BCUT2D eigenvalue weighted by Crippen LogP contribution is -2.69. The van der Waals surface area contributed by atoms with E-state index in [0.29, 0.717) is 12.6 Å². The molecule has 0 radical (unpaired) electrons. The van der Waals surface area contributed by atoms with Gasteiger partial charge in [-0.2, -0.15) is 0 Å². The summed E-state index contributed by atoms with van der Waals surface area (Å²) in [6.45, 7) is 6.47. The minimum atomic E-state index is -0.142. The highest BCUT2D eigenvalue weighted by molar-refractivity contribution is 5.75. The maximum Gasteiger partial charge on any atom is 0.317 e. The second-order valence-corrected chi connectivity index (χ2v) is 7.76. The van der Waals surface area contributed by atoms with E-state index in [1.165, 1.54) is 19.3 Å². The Kier molecular flexibility index (Phi) is 4.38. The van der Waals surface area contributed by atoms with Crippen molar-refractivity contribution in [2.45, 2.75) is 64.5 Å². The number of urea groups is 1. The summed E-state index contributed by atoms with van der Waals surface area (Å²) in [6.07, 6.45) is 6.86. The van der Waals surface area contributed by atoms with Gasteiger partial charge in [-0.15, -0.1) is 0 Å². The van der Waals surface area contributed by atoms with Crippen LogP contribution in [0.25, 0.3) is 0 Å². The van der Waals surface area contributed by atoms with Crippen LogP contribution in [-0.2, 0) is 4.74 Å². The first-order valence-electron chi connectivity index (χ1n) is 8.81. The van der Waals surface area contributed by atoms with Crippen molar-refractivity contribution in [1.82, 2.24) is 10.2 Å². The Morgan fingerprint density at radius 2 is 2.14 bits per heavy atom. The molecular formula is C17H30N2O3. The Morgan fingerprint density at radius 1 is 1.36 bits per heavy atom. The number of hydrogen-bond donors (Lipinski definition) is 2. The summed E-state index contributed by atoms with van der Waals surface area (Å²) in [5, 5.41) is 12.8. The zero-order chi connectivity index (χ0) is 15.8. The van der Waals surface area contributed by atoms with E-state index < -0.39 is 0 Å². The molecule has 1 saturated heterocycles. The molecule has 1 heterocycles. The molecule has 0 aromatic carbocycles. The van der Waals surface area contributed by atoms with Gasteiger partial charge in [-0.1, -0.05) is 13.3 Å². The van der Waals surface area contributed by atoms with Crippen molar-refractivity contribution in [3.63, 3.8) is 0 Å². The number of ether oxygens (including phenoxy) is 1. The molecule has 1 spiro atoms. The number of aliphatic hydroxyl groups excluding tert-OH is 1. The normalized spacial score (nSPS) is 36.6. The summed E-state index contributed by atoms with van der Waals surface area (Å²) in [5.74, 6) is 0. The molecule has 1 aliphatic heterocycles. The summed E-state index contributed by atoms with van der Waals surface area (Å²) in [5.41, 5.74) is 0.0684. The van der Waals surface area contributed by atoms with Gasteiger partial charge in [-0.05, 0) is 39.0 Å². The van der Waals surface area contributed by atoms with Crippen molar-refractivity contribution in [1.29, 1.82) is 0 Å². The molecule has 3 rings (SSSR count). The minimum absolute atomic E-state index is 0.0469. The first-order valence-corrected chi connectivity index (χ1v) is 8.81. The van der Waals surface area contributed by atoms with Crippen LogP contribution in [0.15, 0.2) is 0 Å². The molecule has 3 aliphatic rings. The Morgan fingerprint density at radius 3 is 2.73 bits per heavy atom. The smallest absolute Gasteiger partial charge is 0.317 e. The third-order valence-electron chi connectivity index (χ3n) is 6.18. The molecular weight excluding hydrogens is 280 g/mol. The van der Waals surface area contributed by atoms with E-state index in [9.17, 15) is 9.90 Å². The quantitative estimate of drug-likeness (QED) is 0.836. The van der Waals surface area contributed by atoms with Crippen molar-refractivity contribution in [2.75, 3.05) is 26.3 Å². The van der Waals surface area contributed by atoms with E-state index in [2.05, 4.69) is 12.2 Å². The molecule has 2 N–H and O–H groups in total. The summed E-state index contributed by atoms with van der Waals surface area (Å²) in [7, 11) is 0. The van der Waals surface area contributed by atoms with Crippen LogP contribution in [-0.4, -0.2) is 54.5 Å². The molecule has 0 aromatic rings. The molecule has 3 atom stereocenters. The molecule has 5 nitrogen and oxygen atoms in total. The number of aliphatic hydroxyl groups is 1. The third-order valence-corrected chi connectivity index (χ3v) is 6.18. The summed E-state index contributed by atoms with van der Waals surface area (Å²) < 4.78 is 5.85. The van der Waals surface area contributed by atoms with E-state index >= 15 is 0 Å². The number of rotatable bonds is 4. The molecule has 22 heavy (non-hydrogen) atoms. The maximum absolute atomic E-state index is 12.6. The van der Waals surface area contributed by atoms with Gasteiger partial charge in [0.1, 0.15) is 0 Å². The Labute approximate surface area is 133 Å². The summed E-state index contributed by atoms with van der Waals surface area (Å²) in [6, 6.07) is 0.318. The van der Waals surface area contributed by atoms with Gasteiger partial charge >= 0.3 is 6.03 Å². The molecule has 126 valence electrons. The van der Waals surface area contributed by atoms with Crippen molar-refractivity contribution in [3.05, 3.63) is 0 Å². The number of nitrogens with one attached hydrogen (secondary N) is 1. The fraction of sp³-hybridized carbons (Fsp3) is 0.941. The lowest BCUT2D eigenvalue weighted by molar-refractivity contribution is -0.170. The lowest BCUT2D eigenvalue weighted by atomic mass is 9.51. The van der Waals surface area contributed by atoms with E-state index in [0.717, 1.165) is 32.4 Å². The van der Waals surface area contributed by atoms with E-state index in [1.807, 2.05) is 11.8 Å². The maximum atomic E-state index is 12.6. The van der Waals surface area contributed by atoms with Crippen LogP contribution in [0.2, 0.25) is 0 Å². The number of carbonyl (C=O) groups excluding carboxylic acids is 1. The lowest BCUT2D eigenvalue weighted by Gasteiger charge is -2.61. The molecule has 5 heteroatoms. The molecule has 3 fully saturated rings. The number of likely N-dealkylation sites (tertiary alicyclic amines) is 1. The number of piperidine rings is 1. The van der Waals surface area contributed by atoms with E-state index in [-0.39, 0.29) is 29.5 Å². The van der Waals surface area contributed by atoms with E-state index in [4.69, 9.17) is 4.74 Å². The van der Waals surface area contributed by atoms with Crippen molar-refractivity contribution in [3.8, 4) is 0 Å². The minimum Gasteiger partial charge on any atom is -0.396 e. The van der Waals surface area contributed by atoms with E-state index in [1.54, 1.807) is 0 Å². The zero-order valence-corrected chi connectivity index (χ0v) is 13.9. The van der Waals surface area contributed by atoms with Gasteiger partial charge in [0.25, 0.3) is 0 Å². The van der Waals surface area contributed by atoms with Gasteiger partial charge < -0.3 is 20.1 Å². The van der Waals surface area contributed by atoms with Crippen LogP contribution in [0.5, 0.6) is 0 Å². The molecule has 0 bridgehead atoms. The van der Waals surface area contributed by atoms with Gasteiger partial charge in [-0.3, -0.25) is 0 Å². The van der Waals surface area contributed by atoms with Crippen LogP contribution in [0.1, 0.15) is 52.4 Å². The fourth-order valence-electron chi connectivity index (χ4n) is 4.50. The van der Waals surface area contributed by atoms with Crippen LogP contribution in [0.3, 0.4) is 0 Å². The molecule has 2 amide bonds. The SMILES string of the molecule is CCO[C@@H]1C[C@H](NC(=O)N2CCC[C@](C)(CO)C2)C12CCC2. The van der Waals surface area contributed by atoms with Crippen molar-refractivity contribution >= 4 is 6.03 Å². The second kappa shape index (κ2) is 6.00. The average Bonchev–Trinajstić information content (AvgIpc) is 2.44. The largest absolute Gasteiger partial charge is 0.396 e. The van der Waals surface area contributed by atoms with Gasteiger partial charge in [0.2, 0.25) is 0 Å². The topological polar surface area (TPSA) is 61.8 Å². The predicted molar refractivity (Wildman–Crippen MR) is 84.6 cm³/mol. The van der Waals surface area contributed by atoms with Crippen LogP contribution < -0.4 is 5.32 Å². The fourth-order valence-corrected chi connectivity index (χ4v) is 4.50. The molecule has 2 saturated carbocycles. The van der Waals surface area contributed by atoms with Gasteiger partial charge in [0.15, 0.2) is 0 Å². The zero-order valence-electron chi connectivity index (χ0n) is 13.9. The van der Waals surface area contributed by atoms with Crippen LogP contribution >= 0.6 is 0 Å². The summed E-state index contributed by atoms with van der Waals surface area (Å²) >= 11 is 0. The second-order valence-electron chi connectivity index (χ2n) is 7.76. The molecule has 2 aliphatic carbocycles. The van der Waals surface area contributed by atoms with Crippen molar-refractivity contribution < 1.29 is 14.6 Å². The predicted octanol–water partition coefficient (Wildman–Crippen LogP) is 2.14. The highest BCUT2D eigenvalue weighted by Gasteiger charge is 2.59. The number of hydrogen-bond acceptors (Lipinski definition) is 3. The molecule has 0 aromatic heterocycles. The first-order chi connectivity index (χ1) is 10.5. The van der Waals surface area contributed by atoms with Gasteiger partial charge in [0.05, 0.1) is 12.7 Å². The van der Waals surface area contributed by atoms with Crippen LogP contribution in [0.4, 0.5) is 4.79 Å².